The van der Waals surface area contributed by atoms with Crippen LogP contribution in [0.1, 0.15) is 6.92 Å². The first-order chi connectivity index (χ1) is 5.79. The summed E-state index contributed by atoms with van der Waals surface area (Å²) >= 11 is 0. The number of rotatable bonds is 1. The second-order valence-electron chi connectivity index (χ2n) is 2.29. The number of nitrogens with one attached hydrogen (secondary N) is 2. The van der Waals surface area contributed by atoms with Crippen LogP contribution in [0.5, 0.6) is 0 Å². The Morgan fingerprint density at radius 3 is 2.92 bits per heavy atom. The summed E-state index contributed by atoms with van der Waals surface area (Å²) < 4.78 is 0. The second-order valence-corrected chi connectivity index (χ2v) is 2.29. The van der Waals surface area contributed by atoms with Gasteiger partial charge in [-0.3, -0.25) is 4.79 Å². The Bertz CT molecular complexity index is 442. The Hall–Kier alpha value is -1.64. The highest BCUT2D eigenvalue weighted by atomic mass is 16.1. The summed E-state index contributed by atoms with van der Waals surface area (Å²) in [5, 5.41) is 8.16. The number of hydrogen-bond acceptors (Lipinski definition) is 2. The van der Waals surface area contributed by atoms with E-state index in [4.69, 9.17) is 5.41 Å². The lowest BCUT2D eigenvalue weighted by molar-refractivity contribution is 1.20. The highest BCUT2D eigenvalue weighted by molar-refractivity contribution is 5.87. The Kier molecular flexibility index (Phi) is 2.58. The van der Waals surface area contributed by atoms with Crippen LogP contribution in [0.3, 0.4) is 0 Å². The molecule has 0 fully saturated rings. The van der Waals surface area contributed by atoms with Gasteiger partial charge in [0.25, 0.3) is 0 Å². The molecule has 3 nitrogen and oxygen atoms in total. The first kappa shape index (κ1) is 8.46. The molecule has 0 aliphatic heterocycles. The van der Waals surface area contributed by atoms with E-state index in [0.29, 0.717) is 10.6 Å². The molecule has 1 rings (SSSR count). The summed E-state index contributed by atoms with van der Waals surface area (Å²) in [6.45, 7) is 1.80. The fraction of sp³-hybridized carbons (Fsp3) is 0.111. The number of pyridine rings is 1. The zero-order chi connectivity index (χ0) is 8.97. The average molecular weight is 162 g/mol. The molecule has 0 aliphatic carbocycles. The molecule has 0 saturated heterocycles. The SMILES string of the molecule is C/C=c1/c(=O)cc[nH]/c1=C/C=N. The molecule has 62 valence electrons. The van der Waals surface area contributed by atoms with Crippen molar-refractivity contribution in [2.75, 3.05) is 0 Å². The van der Waals surface area contributed by atoms with Crippen molar-refractivity contribution in [3.63, 3.8) is 0 Å². The topological polar surface area (TPSA) is 56.7 Å². The first-order valence-electron chi connectivity index (χ1n) is 3.64. The van der Waals surface area contributed by atoms with E-state index >= 15 is 0 Å². The molecule has 0 saturated carbocycles. The third kappa shape index (κ3) is 1.50. The number of hydrogen-bond donors (Lipinski definition) is 2. The van der Waals surface area contributed by atoms with E-state index in [0.717, 1.165) is 6.21 Å². The molecule has 0 radical (unpaired) electrons. The van der Waals surface area contributed by atoms with Gasteiger partial charge in [-0.05, 0) is 13.0 Å². The summed E-state index contributed by atoms with van der Waals surface area (Å²) in [7, 11) is 0. The molecule has 2 N–H and O–H groups in total. The van der Waals surface area contributed by atoms with Crippen LogP contribution in [0.2, 0.25) is 0 Å². The number of H-pyrrole nitrogens is 1. The van der Waals surface area contributed by atoms with Gasteiger partial charge in [-0.15, -0.1) is 0 Å². The summed E-state index contributed by atoms with van der Waals surface area (Å²) in [5.41, 5.74) is -0.0237. The van der Waals surface area contributed by atoms with Crippen molar-refractivity contribution in [1.29, 1.82) is 5.41 Å². The lowest BCUT2D eigenvalue weighted by atomic mass is 10.3. The molecule has 0 bridgehead atoms. The standard InChI is InChI=1S/C9H10N2O/c1-2-7-8(3-5-10)11-6-4-9(7)12/h2-6,10-11H,1H3/b7-2+,8-3+,10-5?. The van der Waals surface area contributed by atoms with Gasteiger partial charge in [0, 0.05) is 23.7 Å². The van der Waals surface area contributed by atoms with Gasteiger partial charge in [0.2, 0.25) is 0 Å². The van der Waals surface area contributed by atoms with Gasteiger partial charge in [0.15, 0.2) is 5.43 Å². The van der Waals surface area contributed by atoms with Crippen molar-refractivity contribution < 1.29 is 0 Å². The van der Waals surface area contributed by atoms with E-state index in [1.807, 2.05) is 0 Å². The molecule has 0 aliphatic rings. The lowest BCUT2D eigenvalue weighted by Crippen LogP contribution is -2.39. The Labute approximate surface area is 69.6 Å². The maximum Gasteiger partial charge on any atom is 0.189 e. The van der Waals surface area contributed by atoms with Crippen LogP contribution in [0, 0.1) is 5.41 Å². The van der Waals surface area contributed by atoms with Gasteiger partial charge in [-0.2, -0.15) is 0 Å². The first-order valence-corrected chi connectivity index (χ1v) is 3.64. The predicted molar refractivity (Wildman–Crippen MR) is 49.7 cm³/mol. The van der Waals surface area contributed by atoms with Crippen molar-refractivity contribution in [2.45, 2.75) is 6.92 Å². The highest BCUT2D eigenvalue weighted by Crippen LogP contribution is 1.58. The minimum absolute atomic E-state index is 0.0237. The Balaban J connectivity index is 3.73. The quantitative estimate of drug-likeness (QED) is 0.543. The fourth-order valence-corrected chi connectivity index (χ4v) is 1.03. The van der Waals surface area contributed by atoms with Gasteiger partial charge in [0.1, 0.15) is 0 Å². The summed E-state index contributed by atoms with van der Waals surface area (Å²) in [6, 6.07) is 1.47. The van der Waals surface area contributed by atoms with Crippen molar-refractivity contribution in [2.24, 2.45) is 0 Å². The summed E-state index contributed by atoms with van der Waals surface area (Å²) in [4.78, 5) is 14.1. The third-order valence-electron chi connectivity index (χ3n) is 1.57. The molecule has 3 heteroatoms. The van der Waals surface area contributed by atoms with E-state index < -0.39 is 0 Å². The molecule has 0 spiro atoms. The maximum absolute atomic E-state index is 11.2. The molecule has 1 aromatic rings. The monoisotopic (exact) mass is 162 g/mol. The van der Waals surface area contributed by atoms with E-state index in [1.54, 1.807) is 25.3 Å². The van der Waals surface area contributed by atoms with Gasteiger partial charge in [-0.1, -0.05) is 6.08 Å². The van der Waals surface area contributed by atoms with Crippen molar-refractivity contribution in [3.05, 3.63) is 33.1 Å². The highest BCUT2D eigenvalue weighted by Gasteiger charge is 1.87. The molecule has 12 heavy (non-hydrogen) atoms. The lowest BCUT2D eigenvalue weighted by Gasteiger charge is -1.86. The molecule has 0 atom stereocenters. The zero-order valence-corrected chi connectivity index (χ0v) is 6.79. The minimum atomic E-state index is -0.0237. The molecule has 1 heterocycles. The molecular formula is C9H10N2O. The van der Waals surface area contributed by atoms with Crippen LogP contribution < -0.4 is 16.0 Å². The maximum atomic E-state index is 11.2. The second kappa shape index (κ2) is 3.67. The average Bonchev–Trinajstić information content (AvgIpc) is 2.05. The van der Waals surface area contributed by atoms with Gasteiger partial charge in [-0.25, -0.2) is 0 Å². The van der Waals surface area contributed by atoms with Crippen LogP contribution in [0.25, 0.3) is 12.2 Å². The molecule has 0 amide bonds. The van der Waals surface area contributed by atoms with Crippen LogP contribution in [0.4, 0.5) is 0 Å². The Morgan fingerprint density at radius 2 is 2.33 bits per heavy atom. The minimum Gasteiger partial charge on any atom is -0.361 e. The van der Waals surface area contributed by atoms with Crippen LogP contribution in [-0.4, -0.2) is 11.2 Å². The van der Waals surface area contributed by atoms with Crippen molar-refractivity contribution in [3.8, 4) is 0 Å². The van der Waals surface area contributed by atoms with Crippen molar-refractivity contribution in [1.82, 2.24) is 4.98 Å². The normalized spacial score (nSPS) is 13.4. The predicted octanol–water partition coefficient (Wildman–Crippen LogP) is -0.395. The molecule has 0 aromatic carbocycles. The molecule has 0 unspecified atom stereocenters. The van der Waals surface area contributed by atoms with Gasteiger partial charge in [0.05, 0.1) is 5.35 Å². The van der Waals surface area contributed by atoms with Gasteiger partial charge >= 0.3 is 0 Å². The number of aromatic amines is 1. The van der Waals surface area contributed by atoms with E-state index in [-0.39, 0.29) is 5.43 Å². The van der Waals surface area contributed by atoms with Crippen LogP contribution >= 0.6 is 0 Å². The van der Waals surface area contributed by atoms with Gasteiger partial charge < -0.3 is 10.4 Å². The van der Waals surface area contributed by atoms with Crippen LogP contribution in [0.15, 0.2) is 17.1 Å². The summed E-state index contributed by atoms with van der Waals surface area (Å²) in [5.74, 6) is 0. The zero-order valence-electron chi connectivity index (χ0n) is 6.79. The number of aromatic nitrogens is 1. The smallest absolute Gasteiger partial charge is 0.189 e. The Morgan fingerprint density at radius 1 is 1.58 bits per heavy atom. The third-order valence-corrected chi connectivity index (χ3v) is 1.57. The van der Waals surface area contributed by atoms with E-state index in [9.17, 15) is 4.79 Å². The largest absolute Gasteiger partial charge is 0.361 e. The molecular weight excluding hydrogens is 152 g/mol. The molecule has 1 aromatic heterocycles. The van der Waals surface area contributed by atoms with E-state index in [1.165, 1.54) is 6.07 Å². The van der Waals surface area contributed by atoms with Crippen LogP contribution in [-0.2, 0) is 0 Å². The van der Waals surface area contributed by atoms with E-state index in [2.05, 4.69) is 4.98 Å². The summed E-state index contributed by atoms with van der Waals surface area (Å²) in [6.07, 6.45) is 6.01. The fourth-order valence-electron chi connectivity index (χ4n) is 1.03. The van der Waals surface area contributed by atoms with Crippen molar-refractivity contribution >= 4 is 18.4 Å².